The summed E-state index contributed by atoms with van der Waals surface area (Å²) in [5.74, 6) is 0.359. The molecule has 6 heteroatoms. The Bertz CT molecular complexity index is 581. The van der Waals surface area contributed by atoms with E-state index in [1.54, 1.807) is 27.2 Å². The first kappa shape index (κ1) is 14.3. The standard InChI is InChI=1S/C14H18N2O4/c1-8-6-15-10(9(2)11(8)19-5)7-16-12(17)14(3,4)20-13(16)18/h6H,7H2,1-5H3. The van der Waals surface area contributed by atoms with Crippen molar-refractivity contribution in [2.75, 3.05) is 7.11 Å². The number of carbonyl (C=O) groups excluding carboxylic acids is 2. The van der Waals surface area contributed by atoms with Crippen molar-refractivity contribution in [3.05, 3.63) is 23.0 Å². The summed E-state index contributed by atoms with van der Waals surface area (Å²) < 4.78 is 10.4. The molecule has 1 fully saturated rings. The monoisotopic (exact) mass is 278 g/mol. The van der Waals surface area contributed by atoms with Crippen LogP contribution in [0.5, 0.6) is 5.75 Å². The summed E-state index contributed by atoms with van der Waals surface area (Å²) in [6.07, 6.45) is 1.03. The molecule has 6 nitrogen and oxygen atoms in total. The van der Waals surface area contributed by atoms with Gasteiger partial charge in [-0.15, -0.1) is 0 Å². The number of aromatic nitrogens is 1. The maximum absolute atomic E-state index is 12.1. The van der Waals surface area contributed by atoms with Gasteiger partial charge in [-0.1, -0.05) is 0 Å². The Balaban J connectivity index is 2.32. The predicted octanol–water partition coefficient (Wildman–Crippen LogP) is 1.96. The van der Waals surface area contributed by atoms with Gasteiger partial charge in [0.2, 0.25) is 0 Å². The molecule has 0 bridgehead atoms. The molecule has 2 amide bonds. The molecule has 0 aliphatic carbocycles. The molecule has 2 heterocycles. The van der Waals surface area contributed by atoms with E-state index in [0.29, 0.717) is 11.4 Å². The Hall–Kier alpha value is -2.11. The molecule has 0 aromatic carbocycles. The number of methoxy groups -OCH3 is 1. The van der Waals surface area contributed by atoms with Gasteiger partial charge in [0.1, 0.15) is 5.75 Å². The number of ether oxygens (including phenoxy) is 2. The predicted molar refractivity (Wildman–Crippen MR) is 71.4 cm³/mol. The third-order valence-electron chi connectivity index (χ3n) is 3.38. The van der Waals surface area contributed by atoms with Crippen LogP contribution < -0.4 is 4.74 Å². The highest BCUT2D eigenvalue weighted by Crippen LogP contribution is 2.28. The van der Waals surface area contributed by atoms with Gasteiger partial charge in [0.05, 0.1) is 19.3 Å². The Labute approximate surface area is 117 Å². The van der Waals surface area contributed by atoms with Crippen LogP contribution in [0.4, 0.5) is 4.79 Å². The molecule has 0 unspecified atom stereocenters. The highest BCUT2D eigenvalue weighted by atomic mass is 16.6. The van der Waals surface area contributed by atoms with Crippen LogP contribution in [-0.2, 0) is 16.1 Å². The zero-order valence-electron chi connectivity index (χ0n) is 12.3. The smallest absolute Gasteiger partial charge is 0.418 e. The van der Waals surface area contributed by atoms with Crippen LogP contribution in [0.25, 0.3) is 0 Å². The number of cyclic esters (lactones) is 1. The van der Waals surface area contributed by atoms with Gasteiger partial charge >= 0.3 is 6.09 Å². The number of nitrogens with zero attached hydrogens (tertiary/aromatic N) is 2. The molecule has 0 radical (unpaired) electrons. The SMILES string of the molecule is COc1c(C)cnc(CN2C(=O)OC(C)(C)C2=O)c1C. The Morgan fingerprint density at radius 2 is 2.00 bits per heavy atom. The normalized spacial score (nSPS) is 17.4. The zero-order chi connectivity index (χ0) is 15.1. The van der Waals surface area contributed by atoms with Crippen molar-refractivity contribution in [2.45, 2.75) is 39.8 Å². The van der Waals surface area contributed by atoms with Gasteiger partial charge in [0.15, 0.2) is 5.60 Å². The molecule has 0 N–H and O–H groups in total. The van der Waals surface area contributed by atoms with Crippen LogP contribution >= 0.6 is 0 Å². The molecular formula is C14H18N2O4. The molecule has 0 atom stereocenters. The van der Waals surface area contributed by atoms with E-state index in [9.17, 15) is 9.59 Å². The second-order valence-electron chi connectivity index (χ2n) is 5.32. The highest BCUT2D eigenvalue weighted by Gasteiger charge is 2.47. The molecule has 1 saturated heterocycles. The molecule has 0 spiro atoms. The van der Waals surface area contributed by atoms with Crippen molar-refractivity contribution < 1.29 is 19.1 Å². The third kappa shape index (κ3) is 2.21. The van der Waals surface area contributed by atoms with Crippen LogP contribution in [0.3, 0.4) is 0 Å². The molecule has 2 rings (SSSR count). The van der Waals surface area contributed by atoms with E-state index in [2.05, 4.69) is 4.98 Å². The summed E-state index contributed by atoms with van der Waals surface area (Å²) in [4.78, 5) is 29.2. The van der Waals surface area contributed by atoms with Crippen molar-refractivity contribution >= 4 is 12.0 Å². The molecule has 108 valence electrons. The fraction of sp³-hybridized carbons (Fsp3) is 0.500. The third-order valence-corrected chi connectivity index (χ3v) is 3.38. The largest absolute Gasteiger partial charge is 0.496 e. The Morgan fingerprint density at radius 1 is 1.35 bits per heavy atom. The minimum Gasteiger partial charge on any atom is -0.496 e. The first-order valence-electron chi connectivity index (χ1n) is 6.32. The van der Waals surface area contributed by atoms with Gasteiger partial charge in [-0.3, -0.25) is 9.78 Å². The van der Waals surface area contributed by atoms with E-state index in [0.717, 1.165) is 16.0 Å². The van der Waals surface area contributed by atoms with Crippen LogP contribution in [0.2, 0.25) is 0 Å². The quantitative estimate of drug-likeness (QED) is 0.845. The van der Waals surface area contributed by atoms with Crippen molar-refractivity contribution in [2.24, 2.45) is 0 Å². The summed E-state index contributed by atoms with van der Waals surface area (Å²) in [6.45, 7) is 6.97. The van der Waals surface area contributed by atoms with E-state index in [4.69, 9.17) is 9.47 Å². The molecule has 1 aliphatic heterocycles. The van der Waals surface area contributed by atoms with Gasteiger partial charge in [0.25, 0.3) is 5.91 Å². The molecule has 1 aromatic heterocycles. The maximum atomic E-state index is 12.1. The highest BCUT2D eigenvalue weighted by molar-refractivity contribution is 6.02. The van der Waals surface area contributed by atoms with Crippen LogP contribution in [0.1, 0.15) is 30.7 Å². The first-order chi connectivity index (χ1) is 9.27. The summed E-state index contributed by atoms with van der Waals surface area (Å²) in [5, 5.41) is 0. The number of aryl methyl sites for hydroxylation is 1. The lowest BCUT2D eigenvalue weighted by molar-refractivity contribution is -0.134. The summed E-state index contributed by atoms with van der Waals surface area (Å²) in [7, 11) is 1.58. The first-order valence-corrected chi connectivity index (χ1v) is 6.32. The molecule has 20 heavy (non-hydrogen) atoms. The number of pyridine rings is 1. The zero-order valence-corrected chi connectivity index (χ0v) is 12.3. The minimum atomic E-state index is -1.11. The number of imide groups is 1. The van der Waals surface area contributed by atoms with Gasteiger partial charge in [0, 0.05) is 17.3 Å². The lowest BCUT2D eigenvalue weighted by Crippen LogP contribution is -2.36. The van der Waals surface area contributed by atoms with Crippen LogP contribution in [0.15, 0.2) is 6.20 Å². The number of amides is 2. The fourth-order valence-electron chi connectivity index (χ4n) is 2.24. The lowest BCUT2D eigenvalue weighted by atomic mass is 10.1. The topological polar surface area (TPSA) is 68.7 Å². The average molecular weight is 278 g/mol. The number of rotatable bonds is 3. The van der Waals surface area contributed by atoms with Crippen molar-refractivity contribution in [1.82, 2.24) is 9.88 Å². The van der Waals surface area contributed by atoms with Gasteiger partial charge in [-0.2, -0.15) is 0 Å². The molecular weight excluding hydrogens is 260 g/mol. The molecule has 1 aliphatic rings. The van der Waals surface area contributed by atoms with Crippen LogP contribution in [-0.4, -0.2) is 34.6 Å². The Kier molecular flexibility index (Phi) is 3.41. The summed E-state index contributed by atoms with van der Waals surface area (Å²) in [6, 6.07) is 0. The minimum absolute atomic E-state index is 0.0869. The van der Waals surface area contributed by atoms with Gasteiger partial charge in [-0.25, -0.2) is 9.69 Å². The second-order valence-corrected chi connectivity index (χ2v) is 5.32. The van der Waals surface area contributed by atoms with Crippen molar-refractivity contribution in [1.29, 1.82) is 0 Å². The number of carbonyl (C=O) groups is 2. The Morgan fingerprint density at radius 3 is 2.50 bits per heavy atom. The number of hydrogen-bond donors (Lipinski definition) is 0. The second kappa shape index (κ2) is 4.77. The summed E-state index contributed by atoms with van der Waals surface area (Å²) >= 11 is 0. The van der Waals surface area contributed by atoms with Gasteiger partial charge < -0.3 is 9.47 Å². The van der Waals surface area contributed by atoms with E-state index in [1.165, 1.54) is 0 Å². The van der Waals surface area contributed by atoms with Crippen molar-refractivity contribution in [3.8, 4) is 5.75 Å². The summed E-state index contributed by atoms with van der Waals surface area (Å²) in [5.41, 5.74) is 1.23. The maximum Gasteiger partial charge on any atom is 0.418 e. The van der Waals surface area contributed by atoms with Crippen molar-refractivity contribution in [3.63, 3.8) is 0 Å². The van der Waals surface area contributed by atoms with Gasteiger partial charge in [-0.05, 0) is 27.7 Å². The molecule has 0 saturated carbocycles. The average Bonchev–Trinajstić information content (AvgIpc) is 2.55. The van der Waals surface area contributed by atoms with E-state index >= 15 is 0 Å². The fourth-order valence-corrected chi connectivity index (χ4v) is 2.24. The van der Waals surface area contributed by atoms with Crippen LogP contribution in [0, 0.1) is 13.8 Å². The number of hydrogen-bond acceptors (Lipinski definition) is 5. The van der Waals surface area contributed by atoms with E-state index < -0.39 is 11.7 Å². The van der Waals surface area contributed by atoms with E-state index in [-0.39, 0.29) is 12.5 Å². The lowest BCUT2D eigenvalue weighted by Gasteiger charge is -2.16. The molecule has 1 aromatic rings. The van der Waals surface area contributed by atoms with E-state index in [1.807, 2.05) is 13.8 Å².